The van der Waals surface area contributed by atoms with Gasteiger partial charge in [-0.1, -0.05) is 54.6 Å². The Morgan fingerprint density at radius 3 is 2.28 bits per heavy atom. The van der Waals surface area contributed by atoms with Gasteiger partial charge < -0.3 is 5.11 Å². The maximum absolute atomic E-state index is 11.6. The molecule has 2 aromatic carbocycles. The molecule has 0 aromatic heterocycles. The van der Waals surface area contributed by atoms with Crippen molar-refractivity contribution in [1.82, 2.24) is 0 Å². The molecule has 1 N–H and O–H groups in total. The molecule has 92 valence electrons. The van der Waals surface area contributed by atoms with Gasteiger partial charge in [0.05, 0.1) is 0 Å². The number of aliphatic hydroxyl groups is 1. The summed E-state index contributed by atoms with van der Waals surface area (Å²) < 4.78 is 0. The van der Waals surface area contributed by atoms with Crippen molar-refractivity contribution in [2.45, 2.75) is 12.8 Å². The lowest BCUT2D eigenvalue weighted by atomic mass is 9.98. The lowest BCUT2D eigenvalue weighted by Crippen LogP contribution is -2.08. The van der Waals surface area contributed by atoms with Crippen LogP contribution in [-0.2, 0) is 12.8 Å². The fourth-order valence-corrected chi connectivity index (χ4v) is 2.02. The number of hydrogen-bond acceptors (Lipinski definition) is 2. The van der Waals surface area contributed by atoms with Crippen LogP contribution in [-0.4, -0.2) is 17.5 Å². The minimum absolute atomic E-state index is 0.210. The van der Waals surface area contributed by atoms with E-state index in [1.165, 1.54) is 5.56 Å². The lowest BCUT2D eigenvalue weighted by Gasteiger charge is -2.07. The Kier molecular flexibility index (Phi) is 4.26. The van der Waals surface area contributed by atoms with E-state index in [0.717, 1.165) is 18.4 Å². The first-order chi connectivity index (χ1) is 8.81. The Morgan fingerprint density at radius 1 is 0.889 bits per heavy atom. The van der Waals surface area contributed by atoms with Gasteiger partial charge in [-0.3, -0.25) is 4.79 Å². The third-order valence-electron chi connectivity index (χ3n) is 2.99. The number of aryl methyl sites for hydroxylation is 2. The van der Waals surface area contributed by atoms with Crippen molar-refractivity contribution in [3.8, 4) is 0 Å². The van der Waals surface area contributed by atoms with Crippen LogP contribution in [0.2, 0.25) is 0 Å². The van der Waals surface area contributed by atoms with Gasteiger partial charge in [0.25, 0.3) is 0 Å². The highest BCUT2D eigenvalue weighted by atomic mass is 16.3. The fourth-order valence-electron chi connectivity index (χ4n) is 2.02. The summed E-state index contributed by atoms with van der Waals surface area (Å²) in [5.41, 5.74) is 2.89. The summed E-state index contributed by atoms with van der Waals surface area (Å²) in [5, 5.41) is 8.95. The molecule has 2 heteroatoms. The second-order valence-electron chi connectivity index (χ2n) is 4.22. The molecular formula is C16H16O2. The van der Waals surface area contributed by atoms with E-state index in [-0.39, 0.29) is 5.78 Å². The molecule has 0 bridgehead atoms. The average Bonchev–Trinajstić information content (AvgIpc) is 2.45. The van der Waals surface area contributed by atoms with Gasteiger partial charge in [0.15, 0.2) is 5.78 Å². The van der Waals surface area contributed by atoms with Crippen LogP contribution in [0.4, 0.5) is 0 Å². The summed E-state index contributed by atoms with van der Waals surface area (Å²) in [6.45, 7) is -0.428. The molecule has 0 saturated heterocycles. The van der Waals surface area contributed by atoms with Crippen LogP contribution >= 0.6 is 0 Å². The first-order valence-electron chi connectivity index (χ1n) is 6.07. The second-order valence-corrected chi connectivity index (χ2v) is 4.22. The zero-order chi connectivity index (χ0) is 12.8. The van der Waals surface area contributed by atoms with Gasteiger partial charge in [-0.2, -0.15) is 0 Å². The smallest absolute Gasteiger partial charge is 0.188 e. The highest BCUT2D eigenvalue weighted by molar-refractivity contribution is 5.98. The number of carbonyl (C=O) groups excluding carboxylic acids is 1. The van der Waals surface area contributed by atoms with Crippen LogP contribution in [0.3, 0.4) is 0 Å². The van der Waals surface area contributed by atoms with Gasteiger partial charge in [0.2, 0.25) is 0 Å². The summed E-state index contributed by atoms with van der Waals surface area (Å²) >= 11 is 0. The van der Waals surface area contributed by atoms with E-state index in [1.807, 2.05) is 36.4 Å². The average molecular weight is 240 g/mol. The van der Waals surface area contributed by atoms with Crippen LogP contribution in [0.15, 0.2) is 54.6 Å². The standard InChI is InChI=1S/C16H16O2/c17-12-16(18)15-9-5-4-8-14(15)11-10-13-6-2-1-3-7-13/h1-9,17H,10-12H2. The topological polar surface area (TPSA) is 37.3 Å². The van der Waals surface area contributed by atoms with Crippen molar-refractivity contribution in [2.75, 3.05) is 6.61 Å². The van der Waals surface area contributed by atoms with Crippen LogP contribution < -0.4 is 0 Å². The summed E-state index contributed by atoms with van der Waals surface area (Å²) in [4.78, 5) is 11.6. The maximum atomic E-state index is 11.6. The molecule has 0 aliphatic rings. The predicted octanol–water partition coefficient (Wildman–Crippen LogP) is 2.65. The maximum Gasteiger partial charge on any atom is 0.188 e. The van der Waals surface area contributed by atoms with Gasteiger partial charge in [0, 0.05) is 5.56 Å². The highest BCUT2D eigenvalue weighted by Crippen LogP contribution is 2.13. The molecule has 0 aliphatic carbocycles. The summed E-state index contributed by atoms with van der Waals surface area (Å²) in [5.74, 6) is -0.210. The largest absolute Gasteiger partial charge is 0.388 e. The molecule has 2 aromatic rings. The molecule has 0 aliphatic heterocycles. The molecule has 0 atom stereocenters. The van der Waals surface area contributed by atoms with Gasteiger partial charge in [0.1, 0.15) is 6.61 Å². The highest BCUT2D eigenvalue weighted by Gasteiger charge is 2.09. The summed E-state index contributed by atoms with van der Waals surface area (Å²) in [6.07, 6.45) is 1.71. The van der Waals surface area contributed by atoms with E-state index in [4.69, 9.17) is 5.11 Å². The molecule has 0 saturated carbocycles. The number of hydrogen-bond donors (Lipinski definition) is 1. The summed E-state index contributed by atoms with van der Waals surface area (Å²) in [7, 11) is 0. The number of carbonyl (C=O) groups is 1. The first-order valence-corrected chi connectivity index (χ1v) is 6.07. The third-order valence-corrected chi connectivity index (χ3v) is 2.99. The quantitative estimate of drug-likeness (QED) is 0.816. The van der Waals surface area contributed by atoms with Crippen LogP contribution in [0.25, 0.3) is 0 Å². The number of aliphatic hydroxyl groups excluding tert-OH is 1. The van der Waals surface area contributed by atoms with Gasteiger partial charge in [-0.05, 0) is 24.0 Å². The molecule has 0 heterocycles. The van der Waals surface area contributed by atoms with Crippen molar-refractivity contribution in [3.63, 3.8) is 0 Å². The minimum Gasteiger partial charge on any atom is -0.388 e. The van der Waals surface area contributed by atoms with Crippen molar-refractivity contribution < 1.29 is 9.90 Å². The molecule has 0 spiro atoms. The molecule has 0 amide bonds. The molecule has 18 heavy (non-hydrogen) atoms. The lowest BCUT2D eigenvalue weighted by molar-refractivity contribution is 0.0903. The van der Waals surface area contributed by atoms with Crippen LogP contribution in [0.5, 0.6) is 0 Å². The Labute approximate surface area is 107 Å². The Hall–Kier alpha value is -1.93. The summed E-state index contributed by atoms with van der Waals surface area (Å²) in [6, 6.07) is 17.7. The van der Waals surface area contributed by atoms with E-state index in [0.29, 0.717) is 5.56 Å². The van der Waals surface area contributed by atoms with E-state index >= 15 is 0 Å². The van der Waals surface area contributed by atoms with Crippen LogP contribution in [0, 0.1) is 0 Å². The van der Waals surface area contributed by atoms with E-state index in [9.17, 15) is 4.79 Å². The van der Waals surface area contributed by atoms with Crippen molar-refractivity contribution in [3.05, 3.63) is 71.3 Å². The van der Waals surface area contributed by atoms with E-state index in [1.54, 1.807) is 6.07 Å². The molecule has 2 nitrogen and oxygen atoms in total. The van der Waals surface area contributed by atoms with Crippen molar-refractivity contribution in [1.29, 1.82) is 0 Å². The van der Waals surface area contributed by atoms with Gasteiger partial charge >= 0.3 is 0 Å². The second kappa shape index (κ2) is 6.12. The van der Waals surface area contributed by atoms with Gasteiger partial charge in [-0.25, -0.2) is 0 Å². The SMILES string of the molecule is O=C(CO)c1ccccc1CCc1ccccc1. The molecule has 2 rings (SSSR count). The van der Waals surface area contributed by atoms with E-state index in [2.05, 4.69) is 12.1 Å². The fraction of sp³-hybridized carbons (Fsp3) is 0.188. The Bertz CT molecular complexity index is 518. The number of benzene rings is 2. The van der Waals surface area contributed by atoms with Gasteiger partial charge in [-0.15, -0.1) is 0 Å². The normalized spacial score (nSPS) is 10.3. The zero-order valence-electron chi connectivity index (χ0n) is 10.2. The van der Waals surface area contributed by atoms with E-state index < -0.39 is 6.61 Å². The monoisotopic (exact) mass is 240 g/mol. The Morgan fingerprint density at radius 2 is 1.56 bits per heavy atom. The molecule has 0 fully saturated rings. The Balaban J connectivity index is 2.12. The molecule has 0 radical (unpaired) electrons. The molecular weight excluding hydrogens is 224 g/mol. The first kappa shape index (κ1) is 12.5. The minimum atomic E-state index is -0.428. The molecule has 0 unspecified atom stereocenters. The third kappa shape index (κ3) is 3.05. The number of rotatable bonds is 5. The number of Topliss-reactive ketones (excluding diaryl/α,β-unsaturated/α-hetero) is 1. The van der Waals surface area contributed by atoms with Crippen molar-refractivity contribution in [2.24, 2.45) is 0 Å². The van der Waals surface area contributed by atoms with Crippen molar-refractivity contribution >= 4 is 5.78 Å². The van der Waals surface area contributed by atoms with Crippen LogP contribution in [0.1, 0.15) is 21.5 Å². The number of ketones is 1. The predicted molar refractivity (Wildman–Crippen MR) is 71.7 cm³/mol. The zero-order valence-corrected chi connectivity index (χ0v) is 10.2.